The second kappa shape index (κ2) is 6.97. The van der Waals surface area contributed by atoms with Crippen LogP contribution in [0.4, 0.5) is 0 Å². The van der Waals surface area contributed by atoms with Crippen LogP contribution in [0.1, 0.15) is 65.7 Å². The lowest BCUT2D eigenvalue weighted by molar-refractivity contribution is -0.177. The third kappa shape index (κ3) is 2.70. The van der Waals surface area contributed by atoms with Gasteiger partial charge in [0, 0.05) is 24.2 Å². The third-order valence-corrected chi connectivity index (χ3v) is 11.1. The van der Waals surface area contributed by atoms with E-state index >= 15 is 0 Å². The van der Waals surface area contributed by atoms with Crippen LogP contribution in [0.3, 0.4) is 0 Å². The maximum atomic E-state index is 12.9. The molecule has 0 heterocycles. The molecule has 0 aliphatic heterocycles. The molecule has 7 heteroatoms. The zero-order chi connectivity index (χ0) is 22.1. The van der Waals surface area contributed by atoms with E-state index in [-0.39, 0.29) is 29.5 Å². The van der Waals surface area contributed by atoms with Gasteiger partial charge < -0.3 is 14.9 Å². The predicted molar refractivity (Wildman–Crippen MR) is 113 cm³/mol. The standard InChI is InChI=1S/C23H31BrO6/c1-13(25)30-12-19(28)22(29)9-7-16-17-5-4-14-10-15(26)6-8-20(14,2)23(17,24)18(27)11-21(16,22)3/h10,16-18,27,29H,4-9,11-12H2,1-3H3/t16-,17-,18?,20-,21-,22-,23-/m0/s1. The number of Topliss-reactive ketones (excluding diaryl/α,β-unsaturated/α-hetero) is 1. The van der Waals surface area contributed by atoms with E-state index in [4.69, 9.17) is 4.74 Å². The van der Waals surface area contributed by atoms with Crippen molar-refractivity contribution in [2.24, 2.45) is 22.7 Å². The fourth-order valence-electron chi connectivity index (χ4n) is 7.32. The summed E-state index contributed by atoms with van der Waals surface area (Å²) < 4.78 is 4.30. The fraction of sp³-hybridized carbons (Fsp3) is 0.783. The van der Waals surface area contributed by atoms with Crippen molar-refractivity contribution in [1.82, 2.24) is 0 Å². The van der Waals surface area contributed by atoms with Crippen LogP contribution in [0, 0.1) is 22.7 Å². The molecular formula is C23H31BrO6. The smallest absolute Gasteiger partial charge is 0.303 e. The number of aliphatic hydroxyl groups excluding tert-OH is 1. The van der Waals surface area contributed by atoms with E-state index in [1.807, 2.05) is 6.92 Å². The van der Waals surface area contributed by atoms with Crippen LogP contribution in [0.25, 0.3) is 0 Å². The van der Waals surface area contributed by atoms with Crippen molar-refractivity contribution in [2.45, 2.75) is 81.7 Å². The average Bonchev–Trinajstić information content (AvgIpc) is 2.94. The van der Waals surface area contributed by atoms with Crippen LogP contribution in [0.2, 0.25) is 0 Å². The molecule has 6 nitrogen and oxygen atoms in total. The first-order valence-corrected chi connectivity index (χ1v) is 11.7. The SMILES string of the molecule is CC(=O)OCC(=O)[C@@]1(O)CC[C@H]2[C@@H]3CCC4=CC(=O)CC[C@]4(C)[C@@]3(Br)C(O)C[C@@]21C. The Balaban J connectivity index is 1.71. The third-order valence-electron chi connectivity index (χ3n) is 9.06. The minimum absolute atomic E-state index is 0.0440. The number of carbonyl (C=O) groups is 3. The maximum absolute atomic E-state index is 12.9. The van der Waals surface area contributed by atoms with Gasteiger partial charge in [0.1, 0.15) is 5.60 Å². The van der Waals surface area contributed by atoms with Gasteiger partial charge in [0.25, 0.3) is 0 Å². The molecule has 0 spiro atoms. The van der Waals surface area contributed by atoms with Crippen LogP contribution in [0.5, 0.6) is 0 Å². The topological polar surface area (TPSA) is 101 Å². The van der Waals surface area contributed by atoms with E-state index in [0.29, 0.717) is 25.7 Å². The maximum Gasteiger partial charge on any atom is 0.303 e. The second-order valence-corrected chi connectivity index (χ2v) is 11.5. The lowest BCUT2D eigenvalue weighted by Gasteiger charge is -2.65. The molecule has 3 fully saturated rings. The highest BCUT2D eigenvalue weighted by atomic mass is 79.9. The Morgan fingerprint density at radius 2 is 1.90 bits per heavy atom. The summed E-state index contributed by atoms with van der Waals surface area (Å²) >= 11 is 4.00. The Bertz CT molecular complexity index is 838. The number of alkyl halides is 1. The van der Waals surface area contributed by atoms with Gasteiger partial charge in [0.05, 0.1) is 10.4 Å². The molecule has 4 rings (SSSR count). The van der Waals surface area contributed by atoms with Gasteiger partial charge in [-0.2, -0.15) is 0 Å². The van der Waals surface area contributed by atoms with E-state index in [2.05, 4.69) is 22.9 Å². The molecule has 166 valence electrons. The molecule has 4 aliphatic rings. The molecule has 7 atom stereocenters. The van der Waals surface area contributed by atoms with E-state index in [9.17, 15) is 24.6 Å². The van der Waals surface area contributed by atoms with Gasteiger partial charge in [0.15, 0.2) is 12.4 Å². The zero-order valence-corrected chi connectivity index (χ0v) is 19.5. The van der Waals surface area contributed by atoms with Crippen LogP contribution < -0.4 is 0 Å². The first-order valence-electron chi connectivity index (χ1n) is 10.9. The number of fused-ring (bicyclic) bond motifs is 5. The Labute approximate surface area is 185 Å². The average molecular weight is 483 g/mol. The first kappa shape index (κ1) is 22.2. The minimum Gasteiger partial charge on any atom is -0.458 e. The number of esters is 1. The molecule has 0 aromatic carbocycles. The Morgan fingerprint density at radius 3 is 2.57 bits per heavy atom. The molecule has 0 bridgehead atoms. The van der Waals surface area contributed by atoms with Gasteiger partial charge in [-0.15, -0.1) is 0 Å². The first-order chi connectivity index (χ1) is 13.9. The molecule has 1 unspecified atom stereocenters. The van der Waals surface area contributed by atoms with Gasteiger partial charge in [-0.1, -0.05) is 35.4 Å². The molecular weight excluding hydrogens is 452 g/mol. The van der Waals surface area contributed by atoms with Crippen LogP contribution in [-0.4, -0.2) is 50.4 Å². The lowest BCUT2D eigenvalue weighted by Crippen LogP contribution is -2.68. The molecule has 30 heavy (non-hydrogen) atoms. The number of aliphatic hydroxyl groups is 2. The molecule has 4 aliphatic carbocycles. The number of hydrogen-bond acceptors (Lipinski definition) is 6. The number of halogens is 1. The number of ketones is 2. The molecule has 0 aromatic rings. The highest BCUT2D eigenvalue weighted by molar-refractivity contribution is 9.10. The highest BCUT2D eigenvalue weighted by Gasteiger charge is 2.72. The molecule has 0 saturated heterocycles. The number of allylic oxidation sites excluding steroid dienone is 1. The minimum atomic E-state index is -1.62. The number of carbonyl (C=O) groups excluding carboxylic acids is 3. The van der Waals surface area contributed by atoms with Crippen molar-refractivity contribution in [3.8, 4) is 0 Å². The number of rotatable bonds is 3. The molecule has 3 saturated carbocycles. The van der Waals surface area contributed by atoms with Gasteiger partial charge >= 0.3 is 5.97 Å². The Hall–Kier alpha value is -1.05. The highest BCUT2D eigenvalue weighted by Crippen LogP contribution is 2.71. The summed E-state index contributed by atoms with van der Waals surface area (Å²) in [6, 6.07) is 0. The normalized spacial score (nSPS) is 47.6. The Kier molecular flexibility index (Phi) is 5.15. The summed E-state index contributed by atoms with van der Waals surface area (Å²) in [5.41, 5.74) is -1.66. The van der Waals surface area contributed by atoms with E-state index < -0.39 is 39.8 Å². The van der Waals surface area contributed by atoms with Crippen molar-refractivity contribution < 1.29 is 29.3 Å². The second-order valence-electron chi connectivity index (χ2n) is 10.2. The predicted octanol–water partition coefficient (Wildman–Crippen LogP) is 2.87. The summed E-state index contributed by atoms with van der Waals surface area (Å²) in [5, 5.41) is 23.0. The van der Waals surface area contributed by atoms with Gasteiger partial charge in [0.2, 0.25) is 5.78 Å². The van der Waals surface area contributed by atoms with Gasteiger partial charge in [-0.25, -0.2) is 0 Å². The van der Waals surface area contributed by atoms with Crippen LogP contribution >= 0.6 is 15.9 Å². The summed E-state index contributed by atoms with van der Waals surface area (Å²) in [7, 11) is 0. The molecule has 0 aromatic heterocycles. The van der Waals surface area contributed by atoms with Crippen molar-refractivity contribution >= 4 is 33.5 Å². The molecule has 2 N–H and O–H groups in total. The van der Waals surface area contributed by atoms with E-state index in [0.717, 1.165) is 18.4 Å². The van der Waals surface area contributed by atoms with Gasteiger partial charge in [-0.05, 0) is 56.4 Å². The fourth-order valence-corrected chi connectivity index (χ4v) is 8.48. The molecule has 0 radical (unpaired) electrons. The van der Waals surface area contributed by atoms with Crippen LogP contribution in [0.15, 0.2) is 11.6 Å². The number of hydrogen-bond donors (Lipinski definition) is 2. The van der Waals surface area contributed by atoms with Crippen LogP contribution in [-0.2, 0) is 19.1 Å². The summed E-state index contributed by atoms with van der Waals surface area (Å²) in [5.74, 6) is -0.776. The van der Waals surface area contributed by atoms with Crippen molar-refractivity contribution in [2.75, 3.05) is 6.61 Å². The summed E-state index contributed by atoms with van der Waals surface area (Å²) in [6.45, 7) is 4.85. The number of ether oxygens (including phenoxy) is 1. The van der Waals surface area contributed by atoms with E-state index in [1.54, 1.807) is 6.08 Å². The monoisotopic (exact) mass is 482 g/mol. The molecule has 0 amide bonds. The van der Waals surface area contributed by atoms with E-state index in [1.165, 1.54) is 6.92 Å². The quantitative estimate of drug-likeness (QED) is 0.473. The summed E-state index contributed by atoms with van der Waals surface area (Å²) in [4.78, 5) is 36.2. The zero-order valence-electron chi connectivity index (χ0n) is 17.9. The van der Waals surface area contributed by atoms with Crippen molar-refractivity contribution in [3.05, 3.63) is 11.6 Å². The largest absolute Gasteiger partial charge is 0.458 e. The van der Waals surface area contributed by atoms with Gasteiger partial charge in [-0.3, -0.25) is 14.4 Å². The van der Waals surface area contributed by atoms with Crippen molar-refractivity contribution in [1.29, 1.82) is 0 Å². The Morgan fingerprint density at radius 1 is 1.20 bits per heavy atom. The summed E-state index contributed by atoms with van der Waals surface area (Å²) in [6.07, 6.45) is 5.00. The van der Waals surface area contributed by atoms with Crippen molar-refractivity contribution in [3.63, 3.8) is 0 Å². The lowest BCUT2D eigenvalue weighted by atomic mass is 9.45.